The third-order valence-corrected chi connectivity index (χ3v) is 8.93. The van der Waals surface area contributed by atoms with Crippen LogP contribution in [0, 0.1) is 6.92 Å². The van der Waals surface area contributed by atoms with Gasteiger partial charge in [0.25, 0.3) is 0 Å². The van der Waals surface area contributed by atoms with E-state index in [0.717, 1.165) is 16.9 Å². The van der Waals surface area contributed by atoms with Crippen molar-refractivity contribution in [3.63, 3.8) is 0 Å². The van der Waals surface area contributed by atoms with Crippen molar-refractivity contribution in [2.75, 3.05) is 6.54 Å². The molecule has 0 bridgehead atoms. The Morgan fingerprint density at radius 3 is 2.46 bits per heavy atom. The van der Waals surface area contributed by atoms with Crippen LogP contribution in [-0.4, -0.2) is 39.6 Å². The molecule has 1 atom stereocenters. The molecule has 0 radical (unpaired) electrons. The van der Waals surface area contributed by atoms with Gasteiger partial charge in [0.1, 0.15) is 10.3 Å². The second-order valence-electron chi connectivity index (χ2n) is 6.57. The summed E-state index contributed by atoms with van der Waals surface area (Å²) in [5, 5.41) is 7.78. The molecule has 2 heterocycles. The molecule has 3 rings (SSSR count). The number of rotatable bonds is 6. The molecule has 0 aliphatic carbocycles. The van der Waals surface area contributed by atoms with E-state index in [1.165, 1.54) is 10.4 Å². The average molecular weight is 444 g/mol. The molecule has 0 unspecified atom stereocenters. The zero-order chi connectivity index (χ0) is 20.5. The lowest BCUT2D eigenvalue weighted by Gasteiger charge is -2.23. The van der Waals surface area contributed by atoms with Gasteiger partial charge in [-0.25, -0.2) is 22.0 Å². The van der Waals surface area contributed by atoms with Crippen LogP contribution in [-0.2, 0) is 31.4 Å². The Hall–Kier alpha value is -1.79. The molecule has 11 heteroatoms. The Morgan fingerprint density at radius 2 is 1.86 bits per heavy atom. The minimum atomic E-state index is -3.78. The van der Waals surface area contributed by atoms with Crippen molar-refractivity contribution >= 4 is 37.3 Å². The number of nitrogens with two attached hydrogens (primary N) is 1. The van der Waals surface area contributed by atoms with E-state index in [1.54, 1.807) is 30.3 Å². The fourth-order valence-corrected chi connectivity index (χ4v) is 6.41. The Morgan fingerprint density at radius 1 is 1.18 bits per heavy atom. The lowest BCUT2D eigenvalue weighted by atomic mass is 10.2. The predicted molar refractivity (Wildman–Crippen MR) is 106 cm³/mol. The van der Waals surface area contributed by atoms with Crippen LogP contribution in [0.4, 0.5) is 0 Å². The molecule has 28 heavy (non-hydrogen) atoms. The first-order chi connectivity index (χ1) is 13.1. The van der Waals surface area contributed by atoms with Crippen LogP contribution >= 0.6 is 11.3 Å². The number of hydrogen-bond donors (Lipinski definition) is 2. The quantitative estimate of drug-likeness (QED) is 0.693. The molecule has 2 aromatic rings. The molecule has 1 aromatic carbocycles. The van der Waals surface area contributed by atoms with Gasteiger partial charge >= 0.3 is 0 Å². The van der Waals surface area contributed by atoms with Gasteiger partial charge in [0.15, 0.2) is 0 Å². The minimum Gasteiger partial charge on any atom is -0.350 e. The maximum Gasteiger partial charge on any atom is 0.247 e. The molecule has 8 nitrogen and oxygen atoms in total. The first kappa shape index (κ1) is 20.9. The molecule has 0 spiro atoms. The monoisotopic (exact) mass is 443 g/mol. The second kappa shape index (κ2) is 7.91. The summed E-state index contributed by atoms with van der Waals surface area (Å²) in [5.41, 5.74) is 0.949. The second-order valence-corrected chi connectivity index (χ2v) is 11.4. The maximum absolute atomic E-state index is 12.9. The fraction of sp³-hybridized carbons (Fsp3) is 0.353. The van der Waals surface area contributed by atoms with E-state index in [4.69, 9.17) is 5.14 Å². The van der Waals surface area contributed by atoms with Crippen LogP contribution in [0.5, 0.6) is 0 Å². The van der Waals surface area contributed by atoms with Gasteiger partial charge in [-0.1, -0.05) is 17.7 Å². The summed E-state index contributed by atoms with van der Waals surface area (Å²) >= 11 is 0.969. The van der Waals surface area contributed by atoms with Crippen molar-refractivity contribution < 1.29 is 21.6 Å². The number of nitrogens with zero attached hydrogens (tertiary/aromatic N) is 1. The van der Waals surface area contributed by atoms with Gasteiger partial charge in [0.05, 0.1) is 11.4 Å². The Bertz CT molecular complexity index is 1080. The number of hydrogen-bond acceptors (Lipinski definition) is 6. The van der Waals surface area contributed by atoms with Gasteiger partial charge in [-0.05, 0) is 44.0 Å². The van der Waals surface area contributed by atoms with Crippen LogP contribution in [0.25, 0.3) is 0 Å². The van der Waals surface area contributed by atoms with Gasteiger partial charge < -0.3 is 5.32 Å². The van der Waals surface area contributed by atoms with Gasteiger partial charge in [-0.3, -0.25) is 4.79 Å². The van der Waals surface area contributed by atoms with Crippen LogP contribution in [0.1, 0.15) is 23.3 Å². The molecule has 1 aromatic heterocycles. The molecule has 0 saturated carbocycles. The summed E-state index contributed by atoms with van der Waals surface area (Å²) in [4.78, 5) is 13.4. The Labute approximate surface area is 168 Å². The van der Waals surface area contributed by atoms with E-state index < -0.39 is 32.0 Å². The number of benzene rings is 1. The third kappa shape index (κ3) is 4.44. The average Bonchev–Trinajstić information content (AvgIpc) is 3.29. The van der Waals surface area contributed by atoms with Gasteiger partial charge in [0, 0.05) is 11.4 Å². The van der Waals surface area contributed by atoms with Crippen LogP contribution in [0.2, 0.25) is 0 Å². The summed E-state index contributed by atoms with van der Waals surface area (Å²) in [6, 6.07) is 8.68. The van der Waals surface area contributed by atoms with Crippen molar-refractivity contribution in [3.8, 4) is 0 Å². The summed E-state index contributed by atoms with van der Waals surface area (Å²) in [6.07, 6.45) is 1.03. The Kier molecular flexibility index (Phi) is 5.92. The highest BCUT2D eigenvalue weighted by molar-refractivity contribution is 7.91. The number of sulfonamides is 2. The summed E-state index contributed by atoms with van der Waals surface area (Å²) in [5.74, 6) is -0.404. The fourth-order valence-electron chi connectivity index (χ4n) is 3.03. The first-order valence-corrected chi connectivity index (χ1v) is 12.4. The van der Waals surface area contributed by atoms with Gasteiger partial charge in [0.2, 0.25) is 26.0 Å². The predicted octanol–water partition coefficient (Wildman–Crippen LogP) is 1.17. The van der Waals surface area contributed by atoms with Crippen molar-refractivity contribution in [2.24, 2.45) is 5.14 Å². The zero-order valence-electron chi connectivity index (χ0n) is 15.2. The van der Waals surface area contributed by atoms with E-state index in [9.17, 15) is 21.6 Å². The van der Waals surface area contributed by atoms with Crippen LogP contribution in [0.3, 0.4) is 0 Å². The highest BCUT2D eigenvalue weighted by atomic mass is 32.2. The van der Waals surface area contributed by atoms with E-state index >= 15 is 0 Å². The van der Waals surface area contributed by atoms with E-state index in [1.807, 2.05) is 6.92 Å². The molecule has 1 amide bonds. The SMILES string of the molecule is Cc1ccc(S(=O)(=O)N2CCC[C@H]2C(=O)NCc2ccc(S(N)(=O)=O)s2)cc1. The van der Waals surface area contributed by atoms with Gasteiger partial charge in [-0.15, -0.1) is 11.3 Å². The zero-order valence-corrected chi connectivity index (χ0v) is 17.6. The van der Waals surface area contributed by atoms with E-state index in [-0.39, 0.29) is 22.2 Å². The molecular weight excluding hydrogens is 422 g/mol. The lowest BCUT2D eigenvalue weighted by Crippen LogP contribution is -2.45. The number of thiophene rings is 1. The van der Waals surface area contributed by atoms with Crippen molar-refractivity contribution in [3.05, 3.63) is 46.8 Å². The van der Waals surface area contributed by atoms with E-state index in [2.05, 4.69) is 5.32 Å². The minimum absolute atomic E-state index is 0.0150. The summed E-state index contributed by atoms with van der Waals surface area (Å²) in [7, 11) is -7.55. The molecule has 1 fully saturated rings. The number of amides is 1. The summed E-state index contributed by atoms with van der Waals surface area (Å²) < 4.78 is 49.7. The van der Waals surface area contributed by atoms with Crippen molar-refractivity contribution in [1.29, 1.82) is 0 Å². The van der Waals surface area contributed by atoms with Crippen LogP contribution < -0.4 is 10.5 Å². The molecule has 1 saturated heterocycles. The highest BCUT2D eigenvalue weighted by Gasteiger charge is 2.39. The molecule has 1 aliphatic heterocycles. The number of nitrogens with one attached hydrogen (secondary N) is 1. The Balaban J connectivity index is 1.71. The maximum atomic E-state index is 12.9. The number of aryl methyl sites for hydroxylation is 1. The van der Waals surface area contributed by atoms with Crippen molar-refractivity contribution in [2.45, 2.75) is 41.5 Å². The summed E-state index contributed by atoms with van der Waals surface area (Å²) in [6.45, 7) is 2.26. The third-order valence-electron chi connectivity index (χ3n) is 4.49. The van der Waals surface area contributed by atoms with Crippen LogP contribution in [0.15, 0.2) is 45.5 Å². The van der Waals surface area contributed by atoms with E-state index in [0.29, 0.717) is 17.7 Å². The molecule has 1 aliphatic rings. The molecule has 3 N–H and O–H groups in total. The largest absolute Gasteiger partial charge is 0.350 e. The normalized spacial score (nSPS) is 18.3. The standard InChI is InChI=1S/C17H21N3O5S3/c1-12-4-7-14(8-5-12)28(24,25)20-10-2-3-15(20)17(21)19-11-13-6-9-16(26-13)27(18,22)23/h4-9,15H,2-3,10-11H2,1H3,(H,19,21)(H2,18,22,23)/t15-/m0/s1. The number of carbonyl (C=O) groups is 1. The molecule has 152 valence electrons. The topological polar surface area (TPSA) is 127 Å². The first-order valence-electron chi connectivity index (χ1n) is 8.57. The van der Waals surface area contributed by atoms with Gasteiger partial charge in [-0.2, -0.15) is 4.31 Å². The smallest absolute Gasteiger partial charge is 0.247 e. The number of carbonyl (C=O) groups excluding carboxylic acids is 1. The van der Waals surface area contributed by atoms with Crippen molar-refractivity contribution in [1.82, 2.24) is 9.62 Å². The lowest BCUT2D eigenvalue weighted by molar-refractivity contribution is -0.124. The molecular formula is C17H21N3O5S3. The highest BCUT2D eigenvalue weighted by Crippen LogP contribution is 2.27. The number of primary sulfonamides is 1.